The number of hydrogen-bond donors (Lipinski definition) is 1. The number of rotatable bonds is 4. The van der Waals surface area contributed by atoms with Crippen LogP contribution in [0.2, 0.25) is 0 Å². The van der Waals surface area contributed by atoms with Crippen molar-refractivity contribution < 1.29 is 24.5 Å². The van der Waals surface area contributed by atoms with Gasteiger partial charge in [-0.1, -0.05) is 0 Å². The Morgan fingerprint density at radius 3 is 2.50 bits per heavy atom. The van der Waals surface area contributed by atoms with Gasteiger partial charge in [-0.25, -0.2) is 0 Å². The molecule has 1 N–H and O–H groups in total. The first kappa shape index (κ1) is 11.7. The SMILES string of the molecule is C=C(/C=C\C(C)=C/C)C[C](O)=[W]. The number of allylic oxidation sites excluding steroid dienone is 4. The molecule has 0 aliphatic heterocycles. The van der Waals surface area contributed by atoms with E-state index in [1.54, 1.807) is 0 Å². The van der Waals surface area contributed by atoms with Gasteiger partial charge >= 0.3 is 84.8 Å². The van der Waals surface area contributed by atoms with Crippen LogP contribution < -0.4 is 0 Å². The first-order valence-corrected chi connectivity index (χ1v) is 5.23. The van der Waals surface area contributed by atoms with Crippen LogP contribution in [0.25, 0.3) is 0 Å². The van der Waals surface area contributed by atoms with E-state index in [0.717, 1.165) is 24.9 Å². The van der Waals surface area contributed by atoms with Gasteiger partial charge in [0.25, 0.3) is 0 Å². The number of aliphatic hydroxyl groups is 1. The van der Waals surface area contributed by atoms with Crippen molar-refractivity contribution in [2.75, 3.05) is 0 Å². The van der Waals surface area contributed by atoms with E-state index in [0.29, 0.717) is 10.5 Å². The van der Waals surface area contributed by atoms with Crippen LogP contribution in [0.3, 0.4) is 0 Å². The topological polar surface area (TPSA) is 20.2 Å². The Hall–Kier alpha value is -0.262. The molecule has 0 fully saturated rings. The fourth-order valence-electron chi connectivity index (χ4n) is 0.599. The fourth-order valence-corrected chi connectivity index (χ4v) is 1.26. The zero-order valence-electron chi connectivity index (χ0n) is 7.50. The van der Waals surface area contributed by atoms with Crippen LogP contribution >= 0.6 is 0 Å². The van der Waals surface area contributed by atoms with Crippen molar-refractivity contribution in [3.8, 4) is 0 Å². The molecule has 2 heteroatoms. The predicted octanol–water partition coefficient (Wildman–Crippen LogP) is 2.50. The molecule has 0 heterocycles. The molecule has 0 amide bonds. The molecule has 0 saturated carbocycles. The molecule has 0 aromatic carbocycles. The van der Waals surface area contributed by atoms with Crippen molar-refractivity contribution in [2.45, 2.75) is 20.3 Å². The summed E-state index contributed by atoms with van der Waals surface area (Å²) in [5.74, 6) is 0. The van der Waals surface area contributed by atoms with E-state index < -0.39 is 0 Å². The van der Waals surface area contributed by atoms with Crippen LogP contribution in [-0.4, -0.2) is 9.19 Å². The summed E-state index contributed by atoms with van der Waals surface area (Å²) in [6.07, 6.45) is 6.57. The van der Waals surface area contributed by atoms with E-state index in [2.05, 4.69) is 6.58 Å². The summed E-state index contributed by atoms with van der Waals surface area (Å²) in [5, 5.41) is 8.99. The van der Waals surface area contributed by atoms with Gasteiger partial charge in [0, 0.05) is 0 Å². The van der Waals surface area contributed by atoms with Crippen LogP contribution in [0, 0.1) is 0 Å². The quantitative estimate of drug-likeness (QED) is 0.784. The normalized spacial score (nSPS) is 12.1. The van der Waals surface area contributed by atoms with Crippen molar-refractivity contribution in [1.29, 1.82) is 0 Å². The number of hydrogen-bond acceptors (Lipinski definition) is 1. The van der Waals surface area contributed by atoms with Gasteiger partial charge in [0.15, 0.2) is 0 Å². The van der Waals surface area contributed by atoms with Gasteiger partial charge in [-0.15, -0.1) is 0 Å². The molecule has 0 rings (SSSR count). The molecule has 66 valence electrons. The third-order valence-electron chi connectivity index (χ3n) is 1.42. The summed E-state index contributed by atoms with van der Waals surface area (Å²) >= 11 is 1.11. The van der Waals surface area contributed by atoms with Crippen molar-refractivity contribution in [3.05, 3.63) is 36.0 Å². The first-order valence-electron chi connectivity index (χ1n) is 3.77. The average molecular weight is 334 g/mol. The number of aliphatic hydroxyl groups excluding tert-OH is 1. The predicted molar refractivity (Wildman–Crippen MR) is 49.3 cm³/mol. The molecule has 12 heavy (non-hydrogen) atoms. The van der Waals surface area contributed by atoms with Crippen LogP contribution in [0.15, 0.2) is 36.0 Å². The first-order chi connectivity index (χ1) is 5.56. The van der Waals surface area contributed by atoms with E-state index in [4.69, 9.17) is 5.11 Å². The van der Waals surface area contributed by atoms with Crippen LogP contribution in [-0.2, 0) is 19.4 Å². The minimum atomic E-state index is 0.489. The van der Waals surface area contributed by atoms with E-state index in [-0.39, 0.29) is 0 Å². The molecular weight excluding hydrogens is 320 g/mol. The third kappa shape index (κ3) is 6.45. The van der Waals surface area contributed by atoms with Gasteiger partial charge in [0.1, 0.15) is 0 Å². The van der Waals surface area contributed by atoms with Crippen LogP contribution in [0.5, 0.6) is 0 Å². The van der Waals surface area contributed by atoms with Gasteiger partial charge in [0.2, 0.25) is 0 Å². The summed E-state index contributed by atoms with van der Waals surface area (Å²) < 4.78 is 0.489. The Kier molecular flexibility index (Phi) is 6.14. The average Bonchev–Trinajstić information content (AvgIpc) is 1.99. The van der Waals surface area contributed by atoms with Gasteiger partial charge in [-0.05, 0) is 0 Å². The molecule has 0 spiro atoms. The summed E-state index contributed by atoms with van der Waals surface area (Å²) in [4.78, 5) is 0. The monoisotopic (exact) mass is 334 g/mol. The summed E-state index contributed by atoms with van der Waals surface area (Å²) in [6, 6.07) is 0. The Balaban J connectivity index is 4.01. The van der Waals surface area contributed by atoms with Crippen molar-refractivity contribution in [2.24, 2.45) is 0 Å². The van der Waals surface area contributed by atoms with E-state index >= 15 is 0 Å². The fraction of sp³-hybridized carbons (Fsp3) is 0.300. The second kappa shape index (κ2) is 6.28. The summed E-state index contributed by atoms with van der Waals surface area (Å²) in [7, 11) is 0. The Labute approximate surface area is 84.9 Å². The second-order valence-electron chi connectivity index (χ2n) is 2.59. The molecule has 1 nitrogen and oxygen atoms in total. The van der Waals surface area contributed by atoms with Crippen LogP contribution in [0.4, 0.5) is 0 Å². The molecule has 0 radical (unpaired) electrons. The van der Waals surface area contributed by atoms with Crippen LogP contribution in [0.1, 0.15) is 20.3 Å². The van der Waals surface area contributed by atoms with E-state index in [9.17, 15) is 0 Å². The zero-order chi connectivity index (χ0) is 9.56. The Bertz CT molecular complexity index is 236. The maximum atomic E-state index is 8.99. The maximum absolute atomic E-state index is 8.99. The van der Waals surface area contributed by atoms with Gasteiger partial charge in [-0.3, -0.25) is 0 Å². The Morgan fingerprint density at radius 1 is 1.50 bits per heavy atom. The molecule has 0 aromatic rings. The molecule has 0 aromatic heterocycles. The van der Waals surface area contributed by atoms with Crippen molar-refractivity contribution >= 4 is 4.08 Å². The molecule has 0 saturated heterocycles. The summed E-state index contributed by atoms with van der Waals surface area (Å²) in [6.45, 7) is 7.85. The molecule has 0 aliphatic rings. The third-order valence-corrected chi connectivity index (χ3v) is 1.93. The second-order valence-corrected chi connectivity index (χ2v) is 4.29. The van der Waals surface area contributed by atoms with Crippen molar-refractivity contribution in [1.82, 2.24) is 0 Å². The zero-order valence-corrected chi connectivity index (χ0v) is 10.4. The molecule has 0 bridgehead atoms. The molecule has 0 aliphatic carbocycles. The molecule has 0 unspecified atom stereocenters. The standard InChI is InChI=1S/C10H14O.W/c1-4-9(2)5-6-10(3)7-8-11;/h4-6,11H,3,7H2,1-2H3;/b6-5-,9-4-;. The summed E-state index contributed by atoms with van der Waals surface area (Å²) in [5.41, 5.74) is 2.16. The minimum absolute atomic E-state index is 0.489. The van der Waals surface area contributed by atoms with Gasteiger partial charge < -0.3 is 0 Å². The van der Waals surface area contributed by atoms with Gasteiger partial charge in [-0.2, -0.15) is 0 Å². The molecule has 0 atom stereocenters. The molecular formula is C10H14OW. The Morgan fingerprint density at radius 2 is 2.08 bits per heavy atom. The van der Waals surface area contributed by atoms with E-state index in [1.165, 1.54) is 5.57 Å². The van der Waals surface area contributed by atoms with E-state index in [1.807, 2.05) is 32.1 Å². The van der Waals surface area contributed by atoms with Gasteiger partial charge in [0.05, 0.1) is 0 Å². The van der Waals surface area contributed by atoms with Crippen molar-refractivity contribution in [3.63, 3.8) is 0 Å².